The maximum absolute atomic E-state index is 5.59. The fourth-order valence-corrected chi connectivity index (χ4v) is 1.78. The summed E-state index contributed by atoms with van der Waals surface area (Å²) in [6, 6.07) is 2.14. The summed E-state index contributed by atoms with van der Waals surface area (Å²) in [4.78, 5) is 16.5. The molecule has 0 unspecified atom stereocenters. The molecule has 0 radical (unpaired) electrons. The lowest BCUT2D eigenvalue weighted by molar-refractivity contribution is 0.218. The van der Waals surface area contributed by atoms with Crippen LogP contribution in [0.25, 0.3) is 0 Å². The standard InChI is InChI=1S/C13H16BrN5O2/c1-4-16-11-17-12(20-8(2)3)19-13(18-11)21-10-5-9(14)6-15-7-10/h5-8H,4H2,1-3H3,(H,16,17,18,19). The third-order valence-corrected chi connectivity index (χ3v) is 2.59. The minimum atomic E-state index is -0.0396. The second kappa shape index (κ2) is 7.16. The van der Waals surface area contributed by atoms with E-state index in [0.717, 1.165) is 4.47 Å². The van der Waals surface area contributed by atoms with Gasteiger partial charge in [0.2, 0.25) is 5.95 Å². The van der Waals surface area contributed by atoms with Crippen LogP contribution >= 0.6 is 15.9 Å². The van der Waals surface area contributed by atoms with Crippen LogP contribution in [0.5, 0.6) is 17.8 Å². The Kier molecular flexibility index (Phi) is 5.26. The summed E-state index contributed by atoms with van der Waals surface area (Å²) in [7, 11) is 0. The second-order valence-corrected chi connectivity index (χ2v) is 5.28. The van der Waals surface area contributed by atoms with Crippen molar-refractivity contribution in [1.82, 2.24) is 19.9 Å². The highest BCUT2D eigenvalue weighted by molar-refractivity contribution is 9.10. The molecule has 0 spiro atoms. The van der Waals surface area contributed by atoms with Gasteiger partial charge in [-0.25, -0.2) is 0 Å². The van der Waals surface area contributed by atoms with Gasteiger partial charge in [0.25, 0.3) is 0 Å². The Labute approximate surface area is 131 Å². The van der Waals surface area contributed by atoms with Gasteiger partial charge in [-0.15, -0.1) is 4.98 Å². The van der Waals surface area contributed by atoms with Gasteiger partial charge in [-0.3, -0.25) is 4.98 Å². The van der Waals surface area contributed by atoms with E-state index in [-0.39, 0.29) is 18.1 Å². The SMILES string of the molecule is CCNc1nc(Oc2cncc(Br)c2)nc(OC(C)C)n1. The molecule has 112 valence electrons. The van der Waals surface area contributed by atoms with Gasteiger partial charge in [0, 0.05) is 17.2 Å². The largest absolute Gasteiger partial charge is 0.461 e. The highest BCUT2D eigenvalue weighted by Crippen LogP contribution is 2.22. The molecule has 1 N–H and O–H groups in total. The number of ether oxygens (including phenoxy) is 2. The van der Waals surface area contributed by atoms with Gasteiger partial charge in [-0.05, 0) is 42.8 Å². The van der Waals surface area contributed by atoms with Gasteiger partial charge < -0.3 is 14.8 Å². The van der Waals surface area contributed by atoms with Gasteiger partial charge in [-0.2, -0.15) is 9.97 Å². The molecule has 8 heteroatoms. The van der Waals surface area contributed by atoms with E-state index in [9.17, 15) is 0 Å². The number of nitrogens with one attached hydrogen (secondary N) is 1. The van der Waals surface area contributed by atoms with E-state index in [4.69, 9.17) is 9.47 Å². The number of pyridine rings is 1. The summed E-state index contributed by atoms with van der Waals surface area (Å²) >= 11 is 3.33. The van der Waals surface area contributed by atoms with Crippen LogP contribution < -0.4 is 14.8 Å². The van der Waals surface area contributed by atoms with Gasteiger partial charge in [0.05, 0.1) is 12.3 Å². The highest BCUT2D eigenvalue weighted by atomic mass is 79.9. The van der Waals surface area contributed by atoms with Crippen LogP contribution in [-0.2, 0) is 0 Å². The molecule has 0 aromatic carbocycles. The number of anilines is 1. The summed E-state index contributed by atoms with van der Waals surface area (Å²) in [5, 5.41) is 3.01. The van der Waals surface area contributed by atoms with Crippen molar-refractivity contribution in [3.63, 3.8) is 0 Å². The van der Waals surface area contributed by atoms with E-state index < -0.39 is 0 Å². The first-order chi connectivity index (χ1) is 10.1. The second-order valence-electron chi connectivity index (χ2n) is 4.36. The molecule has 0 fully saturated rings. The molecule has 0 saturated heterocycles. The van der Waals surface area contributed by atoms with Crippen molar-refractivity contribution in [2.24, 2.45) is 0 Å². The van der Waals surface area contributed by atoms with E-state index in [0.29, 0.717) is 18.2 Å². The van der Waals surface area contributed by atoms with Crippen molar-refractivity contribution in [3.8, 4) is 17.8 Å². The fourth-order valence-electron chi connectivity index (χ4n) is 1.44. The van der Waals surface area contributed by atoms with Gasteiger partial charge in [0.1, 0.15) is 0 Å². The Morgan fingerprint density at radius 3 is 2.62 bits per heavy atom. The Bertz CT molecular complexity index is 609. The maximum Gasteiger partial charge on any atom is 0.330 e. The van der Waals surface area contributed by atoms with Crippen LogP contribution in [0.4, 0.5) is 5.95 Å². The predicted molar refractivity (Wildman–Crippen MR) is 81.8 cm³/mol. The molecule has 0 saturated carbocycles. The highest BCUT2D eigenvalue weighted by Gasteiger charge is 2.11. The number of rotatable bonds is 6. The Balaban J connectivity index is 2.26. The zero-order chi connectivity index (χ0) is 15.2. The first kappa shape index (κ1) is 15.4. The molecule has 2 aromatic rings. The number of halogens is 1. The van der Waals surface area contributed by atoms with E-state index in [1.807, 2.05) is 20.8 Å². The molecular formula is C13H16BrN5O2. The van der Waals surface area contributed by atoms with Gasteiger partial charge in [0.15, 0.2) is 5.75 Å². The summed E-state index contributed by atoms with van der Waals surface area (Å²) in [5.41, 5.74) is 0. The maximum atomic E-state index is 5.59. The molecule has 0 amide bonds. The molecule has 2 heterocycles. The lowest BCUT2D eigenvalue weighted by Gasteiger charge is -2.11. The van der Waals surface area contributed by atoms with Gasteiger partial charge in [-0.1, -0.05) is 0 Å². The van der Waals surface area contributed by atoms with E-state index in [1.165, 1.54) is 0 Å². The van der Waals surface area contributed by atoms with Gasteiger partial charge >= 0.3 is 12.0 Å². The van der Waals surface area contributed by atoms with Crippen LogP contribution in [0.1, 0.15) is 20.8 Å². The van der Waals surface area contributed by atoms with Crippen molar-refractivity contribution in [3.05, 3.63) is 22.9 Å². The van der Waals surface area contributed by atoms with Crippen LogP contribution in [0.15, 0.2) is 22.9 Å². The molecule has 0 bridgehead atoms. The first-order valence-corrected chi connectivity index (χ1v) is 7.31. The summed E-state index contributed by atoms with van der Waals surface area (Å²) in [5.74, 6) is 0.926. The third kappa shape index (κ3) is 4.82. The predicted octanol–water partition coefficient (Wildman–Crippen LogP) is 3.04. The molecule has 0 aliphatic carbocycles. The molecule has 7 nitrogen and oxygen atoms in total. The summed E-state index contributed by atoms with van der Waals surface area (Å²) in [6.07, 6.45) is 3.20. The monoisotopic (exact) mass is 353 g/mol. The number of hydrogen-bond acceptors (Lipinski definition) is 7. The van der Waals surface area contributed by atoms with Crippen LogP contribution in [0, 0.1) is 0 Å². The third-order valence-electron chi connectivity index (χ3n) is 2.16. The molecule has 0 atom stereocenters. The van der Waals surface area contributed by atoms with E-state index in [1.54, 1.807) is 18.5 Å². The van der Waals surface area contributed by atoms with Crippen molar-refractivity contribution >= 4 is 21.9 Å². The lowest BCUT2D eigenvalue weighted by atomic mass is 10.5. The quantitative estimate of drug-likeness (QED) is 0.854. The summed E-state index contributed by atoms with van der Waals surface area (Å²) in [6.45, 7) is 6.43. The molecule has 21 heavy (non-hydrogen) atoms. The van der Waals surface area contributed by atoms with Crippen molar-refractivity contribution in [2.45, 2.75) is 26.9 Å². The topological polar surface area (TPSA) is 82.1 Å². The van der Waals surface area contributed by atoms with Crippen LogP contribution in [0.3, 0.4) is 0 Å². The molecule has 0 aliphatic heterocycles. The first-order valence-electron chi connectivity index (χ1n) is 6.52. The zero-order valence-corrected chi connectivity index (χ0v) is 13.6. The average molecular weight is 354 g/mol. The molecular weight excluding hydrogens is 338 g/mol. The smallest absolute Gasteiger partial charge is 0.330 e. The summed E-state index contributed by atoms with van der Waals surface area (Å²) < 4.78 is 11.9. The average Bonchev–Trinajstić information content (AvgIpc) is 2.37. The zero-order valence-electron chi connectivity index (χ0n) is 12.0. The minimum absolute atomic E-state index is 0.0396. The van der Waals surface area contributed by atoms with Crippen molar-refractivity contribution in [2.75, 3.05) is 11.9 Å². The molecule has 2 rings (SSSR count). The van der Waals surface area contributed by atoms with E-state index in [2.05, 4.69) is 41.2 Å². The normalized spacial score (nSPS) is 10.5. The Morgan fingerprint density at radius 1 is 1.19 bits per heavy atom. The number of aromatic nitrogens is 4. The Morgan fingerprint density at radius 2 is 1.95 bits per heavy atom. The number of nitrogens with zero attached hydrogens (tertiary/aromatic N) is 4. The van der Waals surface area contributed by atoms with Crippen molar-refractivity contribution < 1.29 is 9.47 Å². The van der Waals surface area contributed by atoms with Crippen LogP contribution in [-0.4, -0.2) is 32.6 Å². The molecule has 2 aromatic heterocycles. The minimum Gasteiger partial charge on any atom is -0.461 e. The van der Waals surface area contributed by atoms with E-state index >= 15 is 0 Å². The Hall–Kier alpha value is -1.96. The number of hydrogen-bond donors (Lipinski definition) is 1. The fraction of sp³-hybridized carbons (Fsp3) is 0.385. The van der Waals surface area contributed by atoms with Crippen molar-refractivity contribution in [1.29, 1.82) is 0 Å². The molecule has 0 aliphatic rings. The lowest BCUT2D eigenvalue weighted by Crippen LogP contribution is -2.12. The van der Waals surface area contributed by atoms with Crippen LogP contribution in [0.2, 0.25) is 0 Å².